The number of carbonyl (C=O) groups excluding carboxylic acids is 2. The highest BCUT2D eigenvalue weighted by Gasteiger charge is 2.51. The summed E-state index contributed by atoms with van der Waals surface area (Å²) in [5.41, 5.74) is 3.07. The molecule has 1 N–H and O–H groups in total. The van der Waals surface area contributed by atoms with E-state index in [9.17, 15) is 9.59 Å². The first kappa shape index (κ1) is 20.1. The first-order valence-electron chi connectivity index (χ1n) is 11.6. The molecule has 0 saturated heterocycles. The molecule has 0 aromatic heterocycles. The fourth-order valence-electron chi connectivity index (χ4n) is 7.06. The number of halogens is 1. The molecule has 5 aliphatic rings. The number of ether oxygens (including phenoxy) is 1. The second-order valence-corrected chi connectivity index (χ2v) is 10.6. The minimum atomic E-state index is -0.257. The Balaban J connectivity index is 1.15. The van der Waals surface area contributed by atoms with Crippen LogP contribution in [0.15, 0.2) is 42.5 Å². The van der Waals surface area contributed by atoms with Crippen LogP contribution in [-0.2, 0) is 15.0 Å². The van der Waals surface area contributed by atoms with E-state index in [1.54, 1.807) is 18.2 Å². The van der Waals surface area contributed by atoms with Crippen molar-refractivity contribution in [3.63, 3.8) is 0 Å². The van der Waals surface area contributed by atoms with E-state index in [1.165, 1.54) is 49.0 Å². The largest absolute Gasteiger partial charge is 0.482 e. The zero-order valence-electron chi connectivity index (χ0n) is 18.0. The molecule has 4 fully saturated rings. The molecule has 2 amide bonds. The third kappa shape index (κ3) is 3.47. The maximum Gasteiger partial charge on any atom is 0.265 e. The highest BCUT2D eigenvalue weighted by molar-refractivity contribution is 6.31. The van der Waals surface area contributed by atoms with Gasteiger partial charge in [0.05, 0.1) is 5.69 Å². The minimum Gasteiger partial charge on any atom is -0.482 e. The van der Waals surface area contributed by atoms with Crippen molar-refractivity contribution in [2.45, 2.75) is 43.9 Å². The van der Waals surface area contributed by atoms with E-state index in [0.29, 0.717) is 21.9 Å². The Bertz CT molecular complexity index is 1050. The first-order chi connectivity index (χ1) is 15.5. The second kappa shape index (κ2) is 7.51. The predicted octanol–water partition coefficient (Wildman–Crippen LogP) is 5.17. The average molecular weight is 451 g/mol. The van der Waals surface area contributed by atoms with Crippen LogP contribution in [0.5, 0.6) is 5.75 Å². The number of hydrogen-bond donors (Lipinski definition) is 1. The number of carbonyl (C=O) groups is 2. The molecule has 1 heterocycles. The smallest absolute Gasteiger partial charge is 0.265 e. The number of benzene rings is 2. The van der Waals surface area contributed by atoms with Crippen molar-refractivity contribution in [2.24, 2.45) is 17.8 Å². The molecule has 6 heteroatoms. The van der Waals surface area contributed by atoms with Crippen LogP contribution in [-0.4, -0.2) is 25.0 Å². The number of nitrogens with zero attached hydrogens (tertiary/aromatic N) is 1. The van der Waals surface area contributed by atoms with E-state index in [4.69, 9.17) is 16.3 Å². The highest BCUT2D eigenvalue weighted by Crippen LogP contribution is 2.60. The zero-order chi connectivity index (χ0) is 21.9. The molecule has 7 rings (SSSR count). The quantitative estimate of drug-likeness (QED) is 0.698. The van der Waals surface area contributed by atoms with E-state index in [-0.39, 0.29) is 25.0 Å². The molecule has 166 valence electrons. The average Bonchev–Trinajstić information content (AvgIpc) is 2.75. The summed E-state index contributed by atoms with van der Waals surface area (Å²) >= 11 is 6.09. The predicted molar refractivity (Wildman–Crippen MR) is 124 cm³/mol. The summed E-state index contributed by atoms with van der Waals surface area (Å²) in [6.45, 7) is -0.159. The Hall–Kier alpha value is -2.53. The Kier molecular flexibility index (Phi) is 4.72. The Morgan fingerprint density at radius 2 is 1.69 bits per heavy atom. The van der Waals surface area contributed by atoms with Crippen molar-refractivity contribution < 1.29 is 14.3 Å². The monoisotopic (exact) mass is 450 g/mol. The number of hydrogen-bond acceptors (Lipinski definition) is 3. The third-order valence-corrected chi connectivity index (χ3v) is 8.22. The first-order valence-corrected chi connectivity index (χ1v) is 12.0. The van der Waals surface area contributed by atoms with Gasteiger partial charge in [-0.1, -0.05) is 23.7 Å². The molecule has 4 saturated carbocycles. The maximum atomic E-state index is 12.7. The summed E-state index contributed by atoms with van der Waals surface area (Å²) < 4.78 is 5.45. The van der Waals surface area contributed by atoms with Gasteiger partial charge in [-0.15, -0.1) is 0 Å². The zero-order valence-corrected chi connectivity index (χ0v) is 18.7. The van der Waals surface area contributed by atoms with Gasteiger partial charge >= 0.3 is 0 Å². The van der Waals surface area contributed by atoms with E-state index < -0.39 is 0 Å². The molecular formula is C26H27ClN2O3. The molecule has 2 aromatic rings. The van der Waals surface area contributed by atoms with Crippen LogP contribution in [0, 0.1) is 17.8 Å². The number of fused-ring (bicyclic) bond motifs is 1. The van der Waals surface area contributed by atoms with Gasteiger partial charge in [0.1, 0.15) is 12.3 Å². The Morgan fingerprint density at radius 3 is 2.34 bits per heavy atom. The molecule has 4 aliphatic carbocycles. The van der Waals surface area contributed by atoms with Gasteiger partial charge in [-0.05, 0) is 97.6 Å². The lowest BCUT2D eigenvalue weighted by molar-refractivity contribution is -0.123. The van der Waals surface area contributed by atoms with Crippen LogP contribution in [0.1, 0.15) is 44.1 Å². The number of amides is 2. The molecule has 2 aromatic carbocycles. The molecule has 4 bridgehead atoms. The Morgan fingerprint density at radius 1 is 1.03 bits per heavy atom. The van der Waals surface area contributed by atoms with Gasteiger partial charge in [0.2, 0.25) is 5.91 Å². The molecular weight excluding hydrogens is 424 g/mol. The van der Waals surface area contributed by atoms with Crippen molar-refractivity contribution in [2.75, 3.05) is 23.4 Å². The van der Waals surface area contributed by atoms with Gasteiger partial charge in [0.15, 0.2) is 6.61 Å². The van der Waals surface area contributed by atoms with Crippen molar-refractivity contribution in [1.29, 1.82) is 0 Å². The van der Waals surface area contributed by atoms with Crippen molar-refractivity contribution >= 4 is 34.8 Å². The van der Waals surface area contributed by atoms with Crippen LogP contribution < -0.4 is 15.0 Å². The summed E-state index contributed by atoms with van der Waals surface area (Å²) in [4.78, 5) is 26.6. The van der Waals surface area contributed by atoms with Gasteiger partial charge in [-0.25, -0.2) is 0 Å². The van der Waals surface area contributed by atoms with Crippen LogP contribution in [0.3, 0.4) is 0 Å². The highest BCUT2D eigenvalue weighted by atomic mass is 35.5. The van der Waals surface area contributed by atoms with E-state index in [0.717, 1.165) is 23.4 Å². The van der Waals surface area contributed by atoms with Crippen LogP contribution in [0.2, 0.25) is 5.02 Å². The molecule has 0 spiro atoms. The minimum absolute atomic E-state index is 0.0771. The van der Waals surface area contributed by atoms with E-state index >= 15 is 0 Å². The van der Waals surface area contributed by atoms with Crippen molar-refractivity contribution in [3.8, 4) is 5.75 Å². The molecule has 0 atom stereocenters. The summed E-state index contributed by atoms with van der Waals surface area (Å²) in [6.07, 6.45) is 8.27. The van der Waals surface area contributed by atoms with Crippen LogP contribution in [0.25, 0.3) is 0 Å². The standard InChI is InChI=1S/C26H27ClN2O3/c27-20-3-6-23-22(10-20)29(25(31)15-32-23)14-24(30)28-21-4-1-19(2-5-21)26-11-16-7-17(12-26)9-18(8-16)13-26/h1-6,10,16-18H,7-9,11-15H2,(H,28,30). The van der Waals surface area contributed by atoms with Gasteiger partial charge in [0.25, 0.3) is 5.91 Å². The number of anilines is 2. The normalized spacial score (nSPS) is 30.1. The van der Waals surface area contributed by atoms with Crippen molar-refractivity contribution in [3.05, 3.63) is 53.1 Å². The topological polar surface area (TPSA) is 58.6 Å². The van der Waals surface area contributed by atoms with Gasteiger partial charge in [0, 0.05) is 10.7 Å². The number of nitrogens with one attached hydrogen (secondary N) is 1. The molecule has 32 heavy (non-hydrogen) atoms. The van der Waals surface area contributed by atoms with E-state index in [1.807, 2.05) is 12.1 Å². The molecule has 0 unspecified atom stereocenters. The molecule has 0 radical (unpaired) electrons. The lowest BCUT2D eigenvalue weighted by Crippen LogP contribution is -2.48. The molecule has 5 nitrogen and oxygen atoms in total. The van der Waals surface area contributed by atoms with Gasteiger partial charge in [-0.2, -0.15) is 0 Å². The molecule has 1 aliphatic heterocycles. The fraction of sp³-hybridized carbons (Fsp3) is 0.462. The third-order valence-electron chi connectivity index (χ3n) is 7.98. The summed E-state index contributed by atoms with van der Waals surface area (Å²) in [5.74, 6) is 2.77. The summed E-state index contributed by atoms with van der Waals surface area (Å²) in [6, 6.07) is 13.5. The lowest BCUT2D eigenvalue weighted by atomic mass is 9.48. The Labute approximate surface area is 193 Å². The van der Waals surface area contributed by atoms with Crippen LogP contribution >= 0.6 is 11.6 Å². The van der Waals surface area contributed by atoms with Gasteiger partial charge in [-0.3, -0.25) is 14.5 Å². The lowest BCUT2D eigenvalue weighted by Gasteiger charge is -2.57. The van der Waals surface area contributed by atoms with E-state index in [2.05, 4.69) is 17.4 Å². The second-order valence-electron chi connectivity index (χ2n) is 10.2. The number of rotatable bonds is 4. The SMILES string of the molecule is O=C(CN1C(=O)COc2ccc(Cl)cc21)Nc1ccc(C23CC4CC(CC(C4)C2)C3)cc1. The van der Waals surface area contributed by atoms with Crippen LogP contribution in [0.4, 0.5) is 11.4 Å². The maximum absolute atomic E-state index is 12.7. The summed E-state index contributed by atoms with van der Waals surface area (Å²) in [7, 11) is 0. The fourth-order valence-corrected chi connectivity index (χ4v) is 7.23. The summed E-state index contributed by atoms with van der Waals surface area (Å²) in [5, 5.41) is 3.44. The van der Waals surface area contributed by atoms with Crippen molar-refractivity contribution in [1.82, 2.24) is 0 Å². The van der Waals surface area contributed by atoms with Gasteiger partial charge < -0.3 is 10.1 Å².